The van der Waals surface area contributed by atoms with E-state index >= 15 is 0 Å². The van der Waals surface area contributed by atoms with Crippen molar-refractivity contribution in [2.75, 3.05) is 40.0 Å². The molecule has 0 unspecified atom stereocenters. The van der Waals surface area contributed by atoms with Crippen molar-refractivity contribution in [2.45, 2.75) is 18.4 Å². The van der Waals surface area contributed by atoms with E-state index in [1.165, 1.54) is 11.4 Å². The lowest BCUT2D eigenvalue weighted by Crippen LogP contribution is -2.40. The predicted octanol–water partition coefficient (Wildman–Crippen LogP) is 2.38. The van der Waals surface area contributed by atoms with E-state index in [2.05, 4.69) is 0 Å². The van der Waals surface area contributed by atoms with Gasteiger partial charge >= 0.3 is 0 Å². The molecule has 29 heavy (non-hydrogen) atoms. The maximum absolute atomic E-state index is 12.9. The molecule has 3 rings (SSSR count). The van der Waals surface area contributed by atoms with E-state index < -0.39 is 10.0 Å². The molecule has 1 saturated heterocycles. The van der Waals surface area contributed by atoms with Gasteiger partial charge in [-0.3, -0.25) is 4.79 Å². The molecular formula is C21H26N2O5S. The van der Waals surface area contributed by atoms with Crippen molar-refractivity contribution >= 4 is 15.9 Å². The summed E-state index contributed by atoms with van der Waals surface area (Å²) in [6.45, 7) is 4.53. The minimum Gasteiger partial charge on any atom is -0.494 e. The summed E-state index contributed by atoms with van der Waals surface area (Å²) >= 11 is 0. The lowest BCUT2D eigenvalue weighted by molar-refractivity contribution is 0.0303. The Morgan fingerprint density at radius 3 is 2.48 bits per heavy atom. The average molecular weight is 419 g/mol. The van der Waals surface area contributed by atoms with Crippen LogP contribution in [0, 0.1) is 0 Å². The number of rotatable bonds is 7. The molecule has 8 heteroatoms. The Balaban J connectivity index is 1.87. The molecule has 0 saturated carbocycles. The van der Waals surface area contributed by atoms with Gasteiger partial charge in [-0.05, 0) is 37.3 Å². The molecule has 0 N–H and O–H groups in total. The van der Waals surface area contributed by atoms with Crippen molar-refractivity contribution in [3.8, 4) is 5.75 Å². The molecular weight excluding hydrogens is 392 g/mol. The molecule has 1 aliphatic rings. The third-order valence-corrected chi connectivity index (χ3v) is 6.57. The minimum absolute atomic E-state index is 0.0915. The highest BCUT2D eigenvalue weighted by molar-refractivity contribution is 7.89. The number of nitrogens with zero attached hydrogens (tertiary/aromatic N) is 2. The first-order valence-corrected chi connectivity index (χ1v) is 11.0. The summed E-state index contributed by atoms with van der Waals surface area (Å²) in [4.78, 5) is 14.8. The maximum atomic E-state index is 12.9. The zero-order chi connectivity index (χ0) is 20.9. The molecule has 0 bridgehead atoms. The van der Waals surface area contributed by atoms with E-state index in [-0.39, 0.29) is 17.3 Å². The molecule has 2 aromatic rings. The first-order chi connectivity index (χ1) is 13.9. The number of sulfonamides is 1. The number of carbonyl (C=O) groups excluding carboxylic acids is 1. The second-order valence-electron chi connectivity index (χ2n) is 6.73. The summed E-state index contributed by atoms with van der Waals surface area (Å²) in [5.74, 6) is 0.479. The van der Waals surface area contributed by atoms with Gasteiger partial charge in [0.15, 0.2) is 0 Å². The summed E-state index contributed by atoms with van der Waals surface area (Å²) < 4.78 is 38.0. The standard InChI is InChI=1S/C21H26N2O5S/c1-3-28-20-10-9-17(21(24)23-11-13-27-14-12-23)15-18(20)16-22(2)29(25,26)19-7-5-4-6-8-19/h4-10,15H,3,11-14,16H2,1-2H3. The van der Waals surface area contributed by atoms with Gasteiger partial charge in [-0.25, -0.2) is 8.42 Å². The normalized spacial score (nSPS) is 14.8. The highest BCUT2D eigenvalue weighted by Crippen LogP contribution is 2.25. The van der Waals surface area contributed by atoms with Gasteiger partial charge in [-0.15, -0.1) is 0 Å². The van der Waals surface area contributed by atoms with Gasteiger partial charge in [-0.2, -0.15) is 4.31 Å². The quantitative estimate of drug-likeness (QED) is 0.690. The zero-order valence-electron chi connectivity index (χ0n) is 16.7. The molecule has 1 aliphatic heterocycles. The van der Waals surface area contributed by atoms with Crippen molar-refractivity contribution in [1.82, 2.24) is 9.21 Å². The number of carbonyl (C=O) groups is 1. The van der Waals surface area contributed by atoms with Crippen molar-refractivity contribution in [2.24, 2.45) is 0 Å². The van der Waals surface area contributed by atoms with Gasteiger partial charge in [0.05, 0.1) is 24.7 Å². The van der Waals surface area contributed by atoms with Crippen molar-refractivity contribution in [3.63, 3.8) is 0 Å². The number of morpholine rings is 1. The van der Waals surface area contributed by atoms with Gasteiger partial charge in [0.1, 0.15) is 5.75 Å². The molecule has 1 heterocycles. The Morgan fingerprint density at radius 1 is 1.14 bits per heavy atom. The first kappa shape index (κ1) is 21.3. The highest BCUT2D eigenvalue weighted by atomic mass is 32.2. The molecule has 1 amide bonds. The Bertz CT molecular complexity index is 941. The van der Waals surface area contributed by atoms with Crippen LogP contribution in [0.2, 0.25) is 0 Å². The minimum atomic E-state index is -3.66. The van der Waals surface area contributed by atoms with E-state index in [4.69, 9.17) is 9.47 Å². The van der Waals surface area contributed by atoms with E-state index in [0.29, 0.717) is 49.8 Å². The largest absolute Gasteiger partial charge is 0.494 e. The van der Waals surface area contributed by atoms with Gasteiger partial charge in [0.2, 0.25) is 10.0 Å². The van der Waals surface area contributed by atoms with E-state index in [0.717, 1.165) is 0 Å². The summed E-state index contributed by atoms with van der Waals surface area (Å²) in [5.41, 5.74) is 1.16. The lowest BCUT2D eigenvalue weighted by Gasteiger charge is -2.27. The van der Waals surface area contributed by atoms with Crippen LogP contribution in [0.15, 0.2) is 53.4 Å². The van der Waals surface area contributed by atoms with Crippen molar-refractivity contribution in [3.05, 3.63) is 59.7 Å². The summed E-state index contributed by atoms with van der Waals surface area (Å²) in [6, 6.07) is 13.4. The van der Waals surface area contributed by atoms with E-state index in [1.807, 2.05) is 6.92 Å². The predicted molar refractivity (Wildman–Crippen MR) is 109 cm³/mol. The Morgan fingerprint density at radius 2 is 1.83 bits per heavy atom. The number of amides is 1. The summed E-state index contributed by atoms with van der Waals surface area (Å²) in [6.07, 6.45) is 0. The zero-order valence-corrected chi connectivity index (χ0v) is 17.5. The molecule has 2 aromatic carbocycles. The Hall–Kier alpha value is -2.42. The van der Waals surface area contributed by atoms with Gasteiger partial charge < -0.3 is 14.4 Å². The van der Waals surface area contributed by atoms with Crippen LogP contribution < -0.4 is 4.74 Å². The third kappa shape index (κ3) is 4.95. The average Bonchev–Trinajstić information content (AvgIpc) is 2.75. The van der Waals surface area contributed by atoms with E-state index in [9.17, 15) is 13.2 Å². The van der Waals surface area contributed by atoms with Crippen LogP contribution in [0.5, 0.6) is 5.75 Å². The monoisotopic (exact) mass is 418 g/mol. The second-order valence-corrected chi connectivity index (χ2v) is 8.78. The molecule has 7 nitrogen and oxygen atoms in total. The van der Waals surface area contributed by atoms with Crippen LogP contribution in [0.3, 0.4) is 0 Å². The first-order valence-electron chi connectivity index (χ1n) is 9.57. The molecule has 0 spiro atoms. The molecule has 0 aromatic heterocycles. The molecule has 0 radical (unpaired) electrons. The van der Waals surface area contributed by atoms with Gasteiger partial charge in [-0.1, -0.05) is 18.2 Å². The Labute approximate surface area is 171 Å². The molecule has 0 aliphatic carbocycles. The van der Waals surface area contributed by atoms with Gasteiger partial charge in [0.25, 0.3) is 5.91 Å². The second kappa shape index (κ2) is 9.39. The van der Waals surface area contributed by atoms with Gasteiger partial charge in [0, 0.05) is 37.8 Å². The maximum Gasteiger partial charge on any atom is 0.254 e. The summed E-state index contributed by atoms with van der Waals surface area (Å²) in [7, 11) is -2.13. The van der Waals surface area contributed by atoms with Crippen molar-refractivity contribution in [1.29, 1.82) is 0 Å². The molecule has 1 fully saturated rings. The van der Waals surface area contributed by atoms with E-state index in [1.54, 1.807) is 53.4 Å². The smallest absolute Gasteiger partial charge is 0.254 e. The van der Waals surface area contributed by atoms with Crippen LogP contribution >= 0.6 is 0 Å². The number of ether oxygens (including phenoxy) is 2. The lowest BCUT2D eigenvalue weighted by atomic mass is 10.1. The third-order valence-electron chi connectivity index (χ3n) is 4.75. The fraction of sp³-hybridized carbons (Fsp3) is 0.381. The molecule has 156 valence electrons. The van der Waals surface area contributed by atoms with Crippen LogP contribution in [-0.4, -0.2) is 63.5 Å². The number of benzene rings is 2. The fourth-order valence-electron chi connectivity index (χ4n) is 3.18. The van der Waals surface area contributed by atoms with Crippen LogP contribution in [0.1, 0.15) is 22.8 Å². The molecule has 0 atom stereocenters. The fourth-order valence-corrected chi connectivity index (χ4v) is 4.35. The number of hydrogen-bond donors (Lipinski definition) is 0. The topological polar surface area (TPSA) is 76.2 Å². The Kier molecular flexibility index (Phi) is 6.89. The summed E-state index contributed by atoms with van der Waals surface area (Å²) in [5, 5.41) is 0. The number of hydrogen-bond acceptors (Lipinski definition) is 5. The van der Waals surface area contributed by atoms with Crippen LogP contribution in [0.4, 0.5) is 0 Å². The van der Waals surface area contributed by atoms with Crippen LogP contribution in [-0.2, 0) is 21.3 Å². The SMILES string of the molecule is CCOc1ccc(C(=O)N2CCOCC2)cc1CN(C)S(=O)(=O)c1ccccc1. The van der Waals surface area contributed by atoms with Crippen molar-refractivity contribution < 1.29 is 22.7 Å². The highest BCUT2D eigenvalue weighted by Gasteiger charge is 2.24. The van der Waals surface area contributed by atoms with Crippen LogP contribution in [0.25, 0.3) is 0 Å².